The number of alkyl halides is 3. The molecule has 0 saturated heterocycles. The smallest absolute Gasteiger partial charge is 0.433 e. The predicted molar refractivity (Wildman–Crippen MR) is 119 cm³/mol. The molecule has 3 rings (SSSR count). The first-order valence-corrected chi connectivity index (χ1v) is 10.6. The zero-order valence-electron chi connectivity index (χ0n) is 18.9. The lowest BCUT2D eigenvalue weighted by Crippen LogP contribution is -2.72. The fourth-order valence-electron chi connectivity index (χ4n) is 3.88. The van der Waals surface area contributed by atoms with Crippen LogP contribution in [0.15, 0.2) is 36.5 Å². The standard InChI is InChI=1S/C23H28F3N5O2/c1-28-19(21(32)30-14-22(31(2)3)9-5-10-22)17-12-16(7-8-18(17)27)33-13-15-6-4-11-29-20(15)23(24,25)26/h4,6-8,11-12H,5,9-10,13-14,27H2,1-3H3,(H,30,32)/p+1. The zero-order valence-corrected chi connectivity index (χ0v) is 18.9. The molecule has 0 radical (unpaired) electrons. The fourth-order valence-corrected chi connectivity index (χ4v) is 3.88. The molecule has 1 fully saturated rings. The maximum Gasteiger partial charge on any atom is 0.433 e. The van der Waals surface area contributed by atoms with E-state index in [0.717, 1.165) is 25.5 Å². The molecule has 0 aliphatic heterocycles. The Hall–Kier alpha value is -3.14. The van der Waals surface area contributed by atoms with Crippen LogP contribution in [0.3, 0.4) is 0 Å². The van der Waals surface area contributed by atoms with E-state index in [1.807, 2.05) is 14.1 Å². The molecule has 1 aliphatic carbocycles. The second-order valence-electron chi connectivity index (χ2n) is 8.33. The molecule has 1 aromatic heterocycles. The largest absolute Gasteiger partial charge is 0.489 e. The summed E-state index contributed by atoms with van der Waals surface area (Å²) in [5.74, 6) is -0.0402. The highest BCUT2D eigenvalue weighted by molar-refractivity contribution is 6.44. The number of likely N-dealkylation sites (N-methyl/N-ethyl adjacent to an activating group) is 1. The molecular weight excluding hydrogens is 435 g/mol. The van der Waals surface area contributed by atoms with Gasteiger partial charge in [-0.2, -0.15) is 13.2 Å². The molecule has 1 saturated carbocycles. The number of carbonyl (C=O) groups excluding carboxylic acids is 1. The van der Waals surface area contributed by atoms with Crippen molar-refractivity contribution in [2.45, 2.75) is 37.6 Å². The number of amides is 1. The average Bonchev–Trinajstić information content (AvgIpc) is 2.73. The first-order valence-electron chi connectivity index (χ1n) is 10.6. The number of carbonyl (C=O) groups is 1. The van der Waals surface area contributed by atoms with Crippen molar-refractivity contribution in [1.82, 2.24) is 15.2 Å². The highest BCUT2D eigenvalue weighted by Gasteiger charge is 2.40. The summed E-state index contributed by atoms with van der Waals surface area (Å²) >= 11 is 0. The van der Waals surface area contributed by atoms with E-state index in [0.29, 0.717) is 17.8 Å². The predicted octanol–water partition coefficient (Wildman–Crippen LogP) is 1.36. The van der Waals surface area contributed by atoms with Crippen molar-refractivity contribution in [2.24, 2.45) is 0 Å². The Labute approximate surface area is 190 Å². The molecule has 0 bridgehead atoms. The molecule has 1 amide bonds. The Morgan fingerprint density at radius 2 is 2.03 bits per heavy atom. The van der Waals surface area contributed by atoms with Crippen molar-refractivity contribution in [3.8, 4) is 5.75 Å². The average molecular weight is 465 g/mol. The number of ether oxygens (including phenoxy) is 1. The van der Waals surface area contributed by atoms with E-state index in [-0.39, 0.29) is 35.1 Å². The second kappa shape index (κ2) is 9.78. The SMILES string of the molecule is C[NH+]=C(C(=O)NCC1(N(C)C)CCC1)c1cc(OCc2cccnc2C(F)(F)F)ccc1N. The van der Waals surface area contributed by atoms with Crippen molar-refractivity contribution in [3.05, 3.63) is 53.3 Å². The monoisotopic (exact) mass is 464 g/mol. The number of hydrogen-bond acceptors (Lipinski definition) is 5. The minimum Gasteiger partial charge on any atom is -0.489 e. The zero-order chi connectivity index (χ0) is 24.2. The quantitative estimate of drug-likeness (QED) is 0.405. The minimum atomic E-state index is -4.58. The lowest BCUT2D eigenvalue weighted by Gasteiger charge is -2.47. The Kier molecular flexibility index (Phi) is 7.26. The third kappa shape index (κ3) is 5.44. The highest BCUT2D eigenvalue weighted by Crippen LogP contribution is 2.35. The Morgan fingerprint density at radius 1 is 1.30 bits per heavy atom. The van der Waals surface area contributed by atoms with Gasteiger partial charge in [0.2, 0.25) is 0 Å². The molecule has 2 aromatic rings. The number of anilines is 1. The molecule has 33 heavy (non-hydrogen) atoms. The van der Waals surface area contributed by atoms with Crippen LogP contribution in [0.1, 0.15) is 36.1 Å². The van der Waals surface area contributed by atoms with E-state index in [1.165, 1.54) is 18.2 Å². The summed E-state index contributed by atoms with van der Waals surface area (Å²) in [5.41, 5.74) is 5.96. The molecule has 0 spiro atoms. The summed E-state index contributed by atoms with van der Waals surface area (Å²) in [6.45, 7) is 0.166. The third-order valence-electron chi connectivity index (χ3n) is 6.14. The van der Waals surface area contributed by atoms with Gasteiger partial charge in [-0.3, -0.25) is 9.78 Å². The first kappa shape index (κ1) is 24.5. The van der Waals surface area contributed by atoms with Gasteiger partial charge in [0.25, 0.3) is 5.71 Å². The normalized spacial score (nSPS) is 15.8. The van der Waals surface area contributed by atoms with E-state index in [1.54, 1.807) is 19.2 Å². The Balaban J connectivity index is 1.74. The number of nitrogen functional groups attached to an aromatic ring is 1. The summed E-state index contributed by atoms with van der Waals surface area (Å²) in [6.07, 6.45) is -0.355. The van der Waals surface area contributed by atoms with Gasteiger partial charge in [-0.1, -0.05) is 6.07 Å². The van der Waals surface area contributed by atoms with Gasteiger partial charge in [0, 0.05) is 29.5 Å². The van der Waals surface area contributed by atoms with Gasteiger partial charge in [0.05, 0.1) is 5.56 Å². The summed E-state index contributed by atoms with van der Waals surface area (Å²) < 4.78 is 45.1. The summed E-state index contributed by atoms with van der Waals surface area (Å²) in [7, 11) is 5.61. The topological polar surface area (TPSA) is 94.5 Å². The Morgan fingerprint density at radius 3 is 2.61 bits per heavy atom. The summed E-state index contributed by atoms with van der Waals surface area (Å²) in [6, 6.07) is 7.37. The molecule has 1 heterocycles. The summed E-state index contributed by atoms with van der Waals surface area (Å²) in [5, 5.41) is 2.98. The number of nitrogens with two attached hydrogens (primary N) is 1. The molecule has 7 nitrogen and oxygen atoms in total. The lowest BCUT2D eigenvalue weighted by atomic mass is 9.75. The minimum absolute atomic E-state index is 0.0507. The number of nitrogens with one attached hydrogen (secondary N) is 2. The van der Waals surface area contributed by atoms with Crippen LogP contribution in [-0.4, -0.2) is 54.7 Å². The third-order valence-corrected chi connectivity index (χ3v) is 6.14. The Bertz CT molecular complexity index is 1030. The van der Waals surface area contributed by atoms with Crippen molar-refractivity contribution in [2.75, 3.05) is 33.4 Å². The second-order valence-corrected chi connectivity index (χ2v) is 8.33. The molecular formula is C23H29F3N5O2+. The van der Waals surface area contributed by atoms with E-state index in [2.05, 4.69) is 20.2 Å². The number of rotatable bonds is 8. The summed E-state index contributed by atoms with van der Waals surface area (Å²) in [4.78, 5) is 21.4. The van der Waals surface area contributed by atoms with E-state index in [9.17, 15) is 18.0 Å². The van der Waals surface area contributed by atoms with E-state index >= 15 is 0 Å². The highest BCUT2D eigenvalue weighted by atomic mass is 19.4. The number of nitrogens with zero attached hydrogens (tertiary/aromatic N) is 2. The van der Waals surface area contributed by atoms with Crippen LogP contribution < -0.4 is 20.8 Å². The number of pyridine rings is 1. The molecule has 1 aliphatic rings. The van der Waals surface area contributed by atoms with Gasteiger partial charge < -0.3 is 20.7 Å². The molecule has 0 atom stereocenters. The van der Waals surface area contributed by atoms with Crippen molar-refractivity contribution >= 4 is 17.3 Å². The van der Waals surface area contributed by atoms with Crippen LogP contribution in [0, 0.1) is 0 Å². The number of aromatic nitrogens is 1. The first-order chi connectivity index (χ1) is 15.6. The van der Waals surface area contributed by atoms with Crippen LogP contribution in [0.5, 0.6) is 5.75 Å². The van der Waals surface area contributed by atoms with Gasteiger partial charge >= 0.3 is 12.1 Å². The number of halogens is 3. The van der Waals surface area contributed by atoms with E-state index < -0.39 is 11.9 Å². The maximum absolute atomic E-state index is 13.2. The van der Waals surface area contributed by atoms with Gasteiger partial charge in [-0.25, -0.2) is 4.99 Å². The van der Waals surface area contributed by atoms with Crippen LogP contribution in [-0.2, 0) is 17.6 Å². The fraction of sp³-hybridized carbons (Fsp3) is 0.435. The van der Waals surface area contributed by atoms with Crippen LogP contribution in [0.4, 0.5) is 18.9 Å². The molecule has 0 unspecified atom stereocenters. The van der Waals surface area contributed by atoms with Crippen LogP contribution in [0.2, 0.25) is 0 Å². The number of hydrogen-bond donors (Lipinski definition) is 3. The van der Waals surface area contributed by atoms with Gasteiger partial charge in [0.15, 0.2) is 5.69 Å². The van der Waals surface area contributed by atoms with Crippen molar-refractivity contribution in [1.29, 1.82) is 0 Å². The maximum atomic E-state index is 13.2. The molecule has 10 heteroatoms. The number of benzene rings is 1. The lowest BCUT2D eigenvalue weighted by molar-refractivity contribution is -0.418. The van der Waals surface area contributed by atoms with Crippen LogP contribution in [0.25, 0.3) is 0 Å². The van der Waals surface area contributed by atoms with Gasteiger partial charge in [0.1, 0.15) is 19.4 Å². The van der Waals surface area contributed by atoms with Gasteiger partial charge in [-0.05, 0) is 57.6 Å². The molecule has 1 aromatic carbocycles. The molecule has 4 N–H and O–H groups in total. The van der Waals surface area contributed by atoms with Crippen molar-refractivity contribution in [3.63, 3.8) is 0 Å². The molecule has 178 valence electrons. The van der Waals surface area contributed by atoms with E-state index in [4.69, 9.17) is 10.5 Å². The van der Waals surface area contributed by atoms with Crippen LogP contribution >= 0.6 is 0 Å². The van der Waals surface area contributed by atoms with Gasteiger partial charge in [-0.15, -0.1) is 0 Å². The van der Waals surface area contributed by atoms with Crippen molar-refractivity contribution < 1.29 is 27.7 Å².